The van der Waals surface area contributed by atoms with Crippen LogP contribution in [-0.2, 0) is 4.65 Å². The van der Waals surface area contributed by atoms with E-state index in [1.807, 2.05) is 19.5 Å². The van der Waals surface area contributed by atoms with Crippen molar-refractivity contribution in [1.82, 2.24) is 0 Å². The minimum atomic E-state index is 0.799. The van der Waals surface area contributed by atoms with Crippen LogP contribution in [0, 0.1) is 0 Å². The Morgan fingerprint density at radius 2 is 2.62 bits per heavy atom. The van der Waals surface area contributed by atoms with Crippen molar-refractivity contribution < 1.29 is 4.65 Å². The molecule has 0 aromatic carbocycles. The van der Waals surface area contributed by atoms with Crippen molar-refractivity contribution in [2.45, 2.75) is 0 Å². The molecule has 1 aliphatic rings. The summed E-state index contributed by atoms with van der Waals surface area (Å²) in [6, 6.07) is 0. The van der Waals surface area contributed by atoms with Gasteiger partial charge in [0.05, 0.1) is 0 Å². The van der Waals surface area contributed by atoms with Gasteiger partial charge in [-0.05, 0) is 0 Å². The molecule has 0 N–H and O–H groups in total. The van der Waals surface area contributed by atoms with Gasteiger partial charge in [-0.1, -0.05) is 0 Å². The molecule has 4 heteroatoms. The summed E-state index contributed by atoms with van der Waals surface area (Å²) in [5, 5.41) is 0. The summed E-state index contributed by atoms with van der Waals surface area (Å²) in [4.78, 5) is 0. The monoisotopic (exact) mass is 101 g/mol. The zero-order valence-corrected chi connectivity index (χ0v) is 4.50. The van der Waals surface area contributed by atoms with Crippen molar-refractivity contribution in [2.75, 3.05) is 0 Å². The van der Waals surface area contributed by atoms with E-state index < -0.39 is 0 Å². The van der Waals surface area contributed by atoms with Crippen LogP contribution in [0.1, 0.15) is 0 Å². The van der Waals surface area contributed by atoms with Gasteiger partial charge < -0.3 is 0 Å². The Labute approximate surface area is 50.8 Å². The molecule has 0 saturated heterocycles. The topological polar surface area (TPSA) is 9.23 Å². The third kappa shape index (κ3) is 1.22. The molecule has 35 valence electrons. The molecule has 1 rings (SSSR count). The molecule has 0 bridgehead atoms. The van der Waals surface area contributed by atoms with Gasteiger partial charge in [0.25, 0.3) is 0 Å². The van der Waals surface area contributed by atoms with Crippen molar-refractivity contribution in [3.05, 3.63) is 24.4 Å². The van der Waals surface area contributed by atoms with Crippen LogP contribution in [-0.4, -0.2) is 20.9 Å². The summed E-state index contributed by atoms with van der Waals surface area (Å²) in [5.41, 5.74) is 0. The molecular formula is C4H4B3O. The molecule has 1 radical (unpaired) electrons. The first-order valence-corrected chi connectivity index (χ1v) is 2.43. The van der Waals surface area contributed by atoms with E-state index >= 15 is 0 Å². The van der Waals surface area contributed by atoms with E-state index in [1.54, 1.807) is 13.4 Å². The Morgan fingerprint density at radius 1 is 1.75 bits per heavy atom. The van der Waals surface area contributed by atoms with Gasteiger partial charge in [-0.25, -0.2) is 0 Å². The third-order valence-electron chi connectivity index (χ3n) is 0.855. The van der Waals surface area contributed by atoms with E-state index in [0.717, 1.165) is 5.76 Å². The van der Waals surface area contributed by atoms with Crippen LogP contribution in [0.15, 0.2) is 24.4 Å². The van der Waals surface area contributed by atoms with Crippen LogP contribution in [0.2, 0.25) is 0 Å². The van der Waals surface area contributed by atoms with E-state index in [4.69, 9.17) is 4.65 Å². The van der Waals surface area contributed by atoms with Crippen molar-refractivity contribution in [2.24, 2.45) is 0 Å². The molecule has 1 nitrogen and oxygen atoms in total. The van der Waals surface area contributed by atoms with Crippen LogP contribution in [0.3, 0.4) is 0 Å². The molecule has 0 aromatic heterocycles. The van der Waals surface area contributed by atoms with Gasteiger partial charge in [0.1, 0.15) is 0 Å². The molecule has 0 amide bonds. The van der Waals surface area contributed by atoms with E-state index in [0.29, 0.717) is 0 Å². The maximum atomic E-state index is 4.96. The van der Waals surface area contributed by atoms with Gasteiger partial charge in [0, 0.05) is 0 Å². The summed E-state index contributed by atoms with van der Waals surface area (Å²) in [6.45, 7) is 7.27. The second-order valence-electron chi connectivity index (χ2n) is 1.41. The van der Waals surface area contributed by atoms with Gasteiger partial charge in [0.2, 0.25) is 0 Å². The van der Waals surface area contributed by atoms with E-state index in [-0.39, 0.29) is 0 Å². The Kier molecular flexibility index (Phi) is 1.89. The van der Waals surface area contributed by atoms with Gasteiger partial charge in [-0.15, -0.1) is 0 Å². The Morgan fingerprint density at radius 3 is 3.00 bits per heavy atom. The van der Waals surface area contributed by atoms with E-state index in [2.05, 4.69) is 6.58 Å². The summed E-state index contributed by atoms with van der Waals surface area (Å²) in [6.07, 6.45) is 1.67. The first-order valence-electron chi connectivity index (χ1n) is 2.43. The quantitative estimate of drug-likeness (QED) is 0.418. The Balaban J connectivity index is 2.63. The molecule has 0 unspecified atom stereocenters. The fourth-order valence-corrected chi connectivity index (χ4v) is 0.469. The van der Waals surface area contributed by atoms with Crippen molar-refractivity contribution in [3.63, 3.8) is 0 Å². The van der Waals surface area contributed by atoms with Crippen LogP contribution >= 0.6 is 0 Å². The second-order valence-corrected chi connectivity index (χ2v) is 1.41. The summed E-state index contributed by atoms with van der Waals surface area (Å²) in [7, 11) is 1.62. The van der Waals surface area contributed by atoms with Crippen LogP contribution in [0.25, 0.3) is 0 Å². The fourth-order valence-electron chi connectivity index (χ4n) is 0.469. The molecule has 1 heterocycles. The molecule has 0 saturated carbocycles. The summed E-state index contributed by atoms with van der Waals surface area (Å²) in [5.74, 6) is 2.65. The average Bonchev–Trinajstić information content (AvgIpc) is 1.90. The molecule has 0 aliphatic carbocycles. The van der Waals surface area contributed by atoms with E-state index in [1.165, 1.54) is 0 Å². The Bertz CT molecular complexity index is 149. The van der Waals surface area contributed by atoms with Crippen molar-refractivity contribution >= 4 is 20.9 Å². The second kappa shape index (κ2) is 2.70. The van der Waals surface area contributed by atoms with Gasteiger partial charge in [-0.2, -0.15) is 0 Å². The maximum absolute atomic E-state index is 4.96. The number of hydrogen-bond donors (Lipinski definition) is 0. The molecule has 0 aromatic rings. The molecular weight excluding hydrogens is 96.5 g/mol. The number of allylic oxidation sites excluding steroid dienone is 1. The zero-order valence-electron chi connectivity index (χ0n) is 4.50. The SMILES string of the molecule is C=CC1=CB=B[B]O1. The predicted octanol–water partition coefficient (Wildman–Crippen LogP) is -0.0984. The standard InChI is InChI=1S/C4H4B3O/c1-2-4-3-5-6-7-8-4/h2-3H,1H2. The summed E-state index contributed by atoms with van der Waals surface area (Å²) >= 11 is 0. The third-order valence-corrected chi connectivity index (χ3v) is 0.855. The summed E-state index contributed by atoms with van der Waals surface area (Å²) < 4.78 is 4.96. The number of hydrogen-bond acceptors (Lipinski definition) is 1. The molecule has 0 fully saturated rings. The average molecular weight is 101 g/mol. The first-order chi connectivity index (χ1) is 3.93. The van der Waals surface area contributed by atoms with Crippen LogP contribution in [0.4, 0.5) is 0 Å². The molecule has 0 spiro atoms. The first kappa shape index (κ1) is 5.61. The van der Waals surface area contributed by atoms with Crippen molar-refractivity contribution in [1.29, 1.82) is 0 Å². The predicted molar refractivity (Wildman–Crippen MR) is 36.6 cm³/mol. The van der Waals surface area contributed by atoms with Crippen molar-refractivity contribution in [3.8, 4) is 0 Å². The number of rotatable bonds is 1. The van der Waals surface area contributed by atoms with Crippen LogP contribution < -0.4 is 0 Å². The van der Waals surface area contributed by atoms with Gasteiger partial charge in [0.15, 0.2) is 0 Å². The fraction of sp³-hybridized carbons (Fsp3) is 0. The van der Waals surface area contributed by atoms with Crippen LogP contribution in [0.5, 0.6) is 0 Å². The Hall–Kier alpha value is -0.525. The minimum absolute atomic E-state index is 0.799. The zero-order chi connectivity index (χ0) is 5.82. The van der Waals surface area contributed by atoms with E-state index in [9.17, 15) is 0 Å². The molecule has 1 aliphatic heterocycles. The molecule has 8 heavy (non-hydrogen) atoms. The molecule has 0 atom stereocenters. The van der Waals surface area contributed by atoms with Gasteiger partial charge in [-0.3, -0.25) is 0 Å². The van der Waals surface area contributed by atoms with Gasteiger partial charge >= 0.3 is 49.9 Å². The normalized spacial score (nSPS) is 13.8.